The Hall–Kier alpha value is -4.18. The Bertz CT molecular complexity index is 1470. The van der Waals surface area contributed by atoms with Gasteiger partial charge in [-0.25, -0.2) is 10.3 Å². The molecule has 3 heterocycles. The van der Waals surface area contributed by atoms with Crippen molar-refractivity contribution in [2.75, 3.05) is 19.6 Å². The molecule has 0 saturated carbocycles. The van der Waals surface area contributed by atoms with Gasteiger partial charge in [0.1, 0.15) is 24.0 Å². The van der Waals surface area contributed by atoms with Crippen molar-refractivity contribution in [1.82, 2.24) is 20.3 Å². The largest absolute Gasteiger partial charge is 0.489 e. The zero-order valence-electron chi connectivity index (χ0n) is 25.2. The molecule has 2 aliphatic heterocycles. The number of nitrogens with zero attached hydrogens (tertiary/aromatic N) is 3. The highest BCUT2D eigenvalue weighted by Crippen LogP contribution is 2.39. The zero-order valence-corrected chi connectivity index (χ0v) is 25.2. The Morgan fingerprint density at radius 3 is 2.44 bits per heavy atom. The average molecular weight is 589 g/mol. The minimum absolute atomic E-state index is 0.160. The maximum atomic E-state index is 13.9. The highest BCUT2D eigenvalue weighted by Gasteiger charge is 2.50. The van der Waals surface area contributed by atoms with Gasteiger partial charge >= 0.3 is 6.09 Å². The number of hydrogen-bond donors (Lipinski definition) is 2. The monoisotopic (exact) mass is 588 g/mol. The molecule has 43 heavy (non-hydrogen) atoms. The molecule has 1 unspecified atom stereocenters. The predicted molar refractivity (Wildman–Crippen MR) is 160 cm³/mol. The van der Waals surface area contributed by atoms with E-state index in [1.165, 1.54) is 0 Å². The molecule has 10 nitrogen and oxygen atoms in total. The van der Waals surface area contributed by atoms with Crippen LogP contribution >= 0.6 is 0 Å². The molecule has 2 fully saturated rings. The number of nitrogens with one attached hydrogen (secondary N) is 1. The lowest BCUT2D eigenvalue weighted by Crippen LogP contribution is -2.55. The third-order valence-electron chi connectivity index (χ3n) is 8.56. The summed E-state index contributed by atoms with van der Waals surface area (Å²) in [5.74, 6) is -0.296. The SMILES string of the molecule is CC(C)(C)OC(=O)N1CCC([C@H](C(=O)NO)N2CCC(C)(c3ccc(OCc4ccnc5ccccc45)cc3)C2=O)CC1. The fourth-order valence-corrected chi connectivity index (χ4v) is 6.16. The van der Waals surface area contributed by atoms with Gasteiger partial charge in [0.25, 0.3) is 5.91 Å². The van der Waals surface area contributed by atoms with Gasteiger partial charge in [-0.3, -0.25) is 19.8 Å². The molecule has 0 radical (unpaired) electrons. The molecule has 2 N–H and O–H groups in total. The zero-order chi connectivity index (χ0) is 30.8. The van der Waals surface area contributed by atoms with E-state index in [-0.39, 0.29) is 17.9 Å². The lowest BCUT2D eigenvalue weighted by atomic mass is 9.80. The van der Waals surface area contributed by atoms with Crippen LogP contribution in [0.2, 0.25) is 0 Å². The summed E-state index contributed by atoms with van der Waals surface area (Å²) in [6.07, 6.45) is 2.94. The first-order valence-corrected chi connectivity index (χ1v) is 14.8. The van der Waals surface area contributed by atoms with Crippen molar-refractivity contribution in [3.63, 3.8) is 0 Å². The van der Waals surface area contributed by atoms with E-state index in [9.17, 15) is 19.6 Å². The number of fused-ring (bicyclic) bond motifs is 1. The van der Waals surface area contributed by atoms with Gasteiger partial charge in [-0.1, -0.05) is 30.3 Å². The molecular formula is C33H40N4O6. The van der Waals surface area contributed by atoms with E-state index in [4.69, 9.17) is 9.47 Å². The number of carbonyl (C=O) groups excluding carboxylic acids is 3. The van der Waals surface area contributed by atoms with Crippen molar-refractivity contribution in [2.24, 2.45) is 5.92 Å². The lowest BCUT2D eigenvalue weighted by Gasteiger charge is -2.39. The number of para-hydroxylation sites is 1. The molecule has 0 spiro atoms. The van der Waals surface area contributed by atoms with Crippen molar-refractivity contribution >= 4 is 28.8 Å². The van der Waals surface area contributed by atoms with Gasteiger partial charge in [0.2, 0.25) is 5.91 Å². The van der Waals surface area contributed by atoms with E-state index in [1.807, 2.05) is 82.3 Å². The fraction of sp³-hybridized carbons (Fsp3) is 0.455. The minimum Gasteiger partial charge on any atom is -0.489 e. The summed E-state index contributed by atoms with van der Waals surface area (Å²) in [5, 5.41) is 10.6. The number of aromatic nitrogens is 1. The van der Waals surface area contributed by atoms with Gasteiger partial charge in [0.15, 0.2) is 0 Å². The minimum atomic E-state index is -0.835. The van der Waals surface area contributed by atoms with Crippen molar-refractivity contribution < 1.29 is 29.1 Å². The van der Waals surface area contributed by atoms with Gasteiger partial charge in [-0.2, -0.15) is 0 Å². The van der Waals surface area contributed by atoms with Gasteiger partial charge < -0.3 is 19.3 Å². The fourth-order valence-electron chi connectivity index (χ4n) is 6.16. The van der Waals surface area contributed by atoms with Gasteiger partial charge in [-0.05, 0) is 82.7 Å². The third-order valence-corrected chi connectivity index (χ3v) is 8.56. The number of pyridine rings is 1. The number of hydrogen-bond acceptors (Lipinski definition) is 7. The van der Waals surface area contributed by atoms with Crippen LogP contribution in [0, 0.1) is 5.92 Å². The highest BCUT2D eigenvalue weighted by atomic mass is 16.6. The maximum Gasteiger partial charge on any atom is 0.410 e. The Labute approximate surface area is 251 Å². The Morgan fingerprint density at radius 1 is 1.07 bits per heavy atom. The number of rotatable bonds is 7. The highest BCUT2D eigenvalue weighted by molar-refractivity contribution is 5.94. The normalized spacial score (nSPS) is 20.3. The van der Waals surface area contributed by atoms with E-state index < -0.39 is 23.0 Å². The second-order valence-corrected chi connectivity index (χ2v) is 12.6. The molecule has 0 bridgehead atoms. The number of ether oxygens (including phenoxy) is 2. The van der Waals surface area contributed by atoms with Crippen LogP contribution in [0.4, 0.5) is 4.79 Å². The van der Waals surface area contributed by atoms with Crippen molar-refractivity contribution in [1.29, 1.82) is 0 Å². The second-order valence-electron chi connectivity index (χ2n) is 12.6. The standard InChI is InChI=1S/C33H40N4O6/c1-32(2,3)43-31(40)36-18-14-22(15-19-36)28(29(38)35-41)37-20-16-33(4,30(37)39)24-9-11-25(12-10-24)42-21-23-13-17-34-27-8-6-5-7-26(23)27/h5-13,17,22,28,41H,14-16,18-21H2,1-4H3,(H,35,38)/t28-,33?/m1/s1. The van der Waals surface area contributed by atoms with E-state index in [0.29, 0.717) is 51.3 Å². The van der Waals surface area contributed by atoms with Crippen molar-refractivity contribution in [3.8, 4) is 5.75 Å². The first kappa shape index (κ1) is 30.3. The quantitative estimate of drug-likeness (QED) is 0.300. The van der Waals surface area contributed by atoms with Crippen LogP contribution in [-0.2, 0) is 26.3 Å². The van der Waals surface area contributed by atoms with Gasteiger partial charge in [0, 0.05) is 36.8 Å². The second kappa shape index (κ2) is 12.2. The van der Waals surface area contributed by atoms with E-state index in [1.54, 1.807) is 21.5 Å². The number of likely N-dealkylation sites (tertiary alicyclic amines) is 2. The van der Waals surface area contributed by atoms with Crippen LogP contribution in [0.15, 0.2) is 60.8 Å². The molecule has 2 saturated heterocycles. The van der Waals surface area contributed by atoms with Crippen LogP contribution in [-0.4, -0.2) is 69.2 Å². The number of carbonyl (C=O) groups is 3. The smallest absolute Gasteiger partial charge is 0.410 e. The maximum absolute atomic E-state index is 13.9. The predicted octanol–water partition coefficient (Wildman–Crippen LogP) is 4.82. The molecule has 2 aliphatic rings. The van der Waals surface area contributed by atoms with Crippen molar-refractivity contribution in [3.05, 3.63) is 71.9 Å². The van der Waals surface area contributed by atoms with Crippen LogP contribution in [0.3, 0.4) is 0 Å². The molecule has 3 amide bonds. The molecule has 228 valence electrons. The van der Waals surface area contributed by atoms with Crippen LogP contribution < -0.4 is 10.2 Å². The molecular weight excluding hydrogens is 548 g/mol. The molecule has 10 heteroatoms. The van der Waals surface area contributed by atoms with Crippen LogP contribution in [0.25, 0.3) is 10.9 Å². The third kappa shape index (κ3) is 6.44. The lowest BCUT2D eigenvalue weighted by molar-refractivity contribution is -0.146. The van der Waals surface area contributed by atoms with E-state index >= 15 is 0 Å². The summed E-state index contributed by atoms with van der Waals surface area (Å²) in [4.78, 5) is 47.0. The molecule has 0 aliphatic carbocycles. The molecule has 1 aromatic heterocycles. The number of piperidine rings is 1. The van der Waals surface area contributed by atoms with E-state index in [0.717, 1.165) is 22.0 Å². The molecule has 3 aromatic rings. The number of amides is 3. The first-order valence-electron chi connectivity index (χ1n) is 14.8. The topological polar surface area (TPSA) is 121 Å². The van der Waals surface area contributed by atoms with Crippen LogP contribution in [0.1, 0.15) is 58.1 Å². The number of hydroxylamine groups is 1. The summed E-state index contributed by atoms with van der Waals surface area (Å²) < 4.78 is 11.6. The summed E-state index contributed by atoms with van der Waals surface area (Å²) >= 11 is 0. The van der Waals surface area contributed by atoms with Gasteiger partial charge in [-0.15, -0.1) is 0 Å². The summed E-state index contributed by atoms with van der Waals surface area (Å²) in [6, 6.07) is 16.6. The van der Waals surface area contributed by atoms with Crippen LogP contribution in [0.5, 0.6) is 5.75 Å². The molecule has 2 atom stereocenters. The van der Waals surface area contributed by atoms with Crippen molar-refractivity contribution in [2.45, 2.75) is 70.6 Å². The Morgan fingerprint density at radius 2 is 1.77 bits per heavy atom. The van der Waals surface area contributed by atoms with Gasteiger partial charge in [0.05, 0.1) is 10.9 Å². The van der Waals surface area contributed by atoms with E-state index in [2.05, 4.69) is 4.98 Å². The average Bonchev–Trinajstić information content (AvgIpc) is 3.30. The summed E-state index contributed by atoms with van der Waals surface area (Å²) in [6.45, 7) is 8.94. The summed E-state index contributed by atoms with van der Waals surface area (Å²) in [5.41, 5.74) is 3.14. The Balaban J connectivity index is 1.25. The summed E-state index contributed by atoms with van der Waals surface area (Å²) in [7, 11) is 0. The molecule has 2 aromatic carbocycles. The number of benzene rings is 2. The first-order chi connectivity index (χ1) is 20.5. The molecule has 5 rings (SSSR count). The Kier molecular flexibility index (Phi) is 8.59.